The van der Waals surface area contributed by atoms with Gasteiger partial charge in [-0.1, -0.05) is 19.1 Å². The Morgan fingerprint density at radius 1 is 1.16 bits per heavy atom. The van der Waals surface area contributed by atoms with Crippen molar-refractivity contribution in [3.63, 3.8) is 0 Å². The number of hydrogen-bond acceptors (Lipinski definition) is 5. The van der Waals surface area contributed by atoms with Crippen LogP contribution >= 0.6 is 0 Å². The molecule has 5 heteroatoms. The first-order valence-corrected chi connectivity index (χ1v) is 8.50. The monoisotopic (exact) mass is 342 g/mol. The molecule has 3 N–H and O–H groups in total. The minimum absolute atomic E-state index is 0.0459. The van der Waals surface area contributed by atoms with Crippen LogP contribution in [-0.2, 0) is 0 Å². The zero-order chi connectivity index (χ0) is 18.1. The summed E-state index contributed by atoms with van der Waals surface area (Å²) in [5.41, 5.74) is 1.06. The van der Waals surface area contributed by atoms with E-state index in [9.17, 15) is 20.1 Å². The second-order valence-corrected chi connectivity index (χ2v) is 6.48. The number of fused-ring (bicyclic) bond motifs is 1. The van der Waals surface area contributed by atoms with Gasteiger partial charge in [-0.2, -0.15) is 0 Å². The average molecular weight is 342 g/mol. The Hall–Kier alpha value is -2.69. The van der Waals surface area contributed by atoms with Crippen LogP contribution in [0.3, 0.4) is 0 Å². The summed E-state index contributed by atoms with van der Waals surface area (Å²) < 4.78 is 5.79. The molecule has 2 aromatic rings. The predicted octanol–water partition coefficient (Wildman–Crippen LogP) is 4.09. The third-order valence-electron chi connectivity index (χ3n) is 4.61. The van der Waals surface area contributed by atoms with Gasteiger partial charge in [-0.25, -0.2) is 0 Å². The first-order valence-electron chi connectivity index (χ1n) is 8.50. The Morgan fingerprint density at radius 2 is 1.92 bits per heavy atom. The maximum atomic E-state index is 12.3. The molecule has 0 saturated carbocycles. The normalized spacial score (nSPS) is 19.1. The molecule has 5 nitrogen and oxygen atoms in total. The molecule has 0 spiro atoms. The smallest absolute Gasteiger partial charge is 0.170 e. The van der Waals surface area contributed by atoms with Crippen LogP contribution in [-0.4, -0.2) is 27.2 Å². The predicted molar refractivity (Wildman–Crippen MR) is 93.7 cm³/mol. The molecule has 0 fully saturated rings. The zero-order valence-corrected chi connectivity index (χ0v) is 14.3. The number of hydrogen-bond donors (Lipinski definition) is 3. The number of Topliss-reactive ketones (excluding diaryl/α,β-unsaturated/α-hetero) is 1. The van der Waals surface area contributed by atoms with E-state index in [1.807, 2.05) is 13.8 Å². The number of benzene rings is 2. The fraction of sp³-hybridized carbons (Fsp3) is 0.350. The van der Waals surface area contributed by atoms with Crippen molar-refractivity contribution in [1.29, 1.82) is 0 Å². The van der Waals surface area contributed by atoms with Gasteiger partial charge in [-0.3, -0.25) is 4.79 Å². The summed E-state index contributed by atoms with van der Waals surface area (Å²) in [6.45, 7) is 3.78. The SMILES string of the molecule is CCCC(=O)c1c(O)ccc([C@@H]2C[C@H](C)Oc3cccc(O)c32)c1O. The second kappa shape index (κ2) is 6.67. The van der Waals surface area contributed by atoms with Crippen molar-refractivity contribution in [2.45, 2.75) is 45.1 Å². The minimum atomic E-state index is -0.325. The van der Waals surface area contributed by atoms with E-state index in [0.717, 1.165) is 0 Å². The highest BCUT2D eigenvalue weighted by atomic mass is 16.5. The summed E-state index contributed by atoms with van der Waals surface area (Å²) >= 11 is 0. The Kier molecular flexibility index (Phi) is 4.57. The first kappa shape index (κ1) is 17.1. The first-order chi connectivity index (χ1) is 11.9. The highest BCUT2D eigenvalue weighted by molar-refractivity contribution is 6.01. The fourth-order valence-electron chi connectivity index (χ4n) is 3.49. The lowest BCUT2D eigenvalue weighted by molar-refractivity contribution is 0.0976. The molecular weight excluding hydrogens is 320 g/mol. The van der Waals surface area contributed by atoms with Gasteiger partial charge in [0.15, 0.2) is 5.78 Å². The van der Waals surface area contributed by atoms with Crippen LogP contribution in [0.4, 0.5) is 0 Å². The number of carbonyl (C=O) groups is 1. The topological polar surface area (TPSA) is 87.0 Å². The van der Waals surface area contributed by atoms with Gasteiger partial charge in [0.1, 0.15) is 28.6 Å². The van der Waals surface area contributed by atoms with Crippen molar-refractivity contribution in [1.82, 2.24) is 0 Å². The Bertz CT molecular complexity index is 812. The molecule has 1 heterocycles. The van der Waals surface area contributed by atoms with E-state index in [0.29, 0.717) is 29.7 Å². The summed E-state index contributed by atoms with van der Waals surface area (Å²) in [5, 5.41) is 31.1. The van der Waals surface area contributed by atoms with Crippen LogP contribution in [0.1, 0.15) is 60.5 Å². The van der Waals surface area contributed by atoms with E-state index in [2.05, 4.69) is 0 Å². The number of phenols is 3. The lowest BCUT2D eigenvalue weighted by atomic mass is 9.82. The molecule has 0 aromatic heterocycles. The van der Waals surface area contributed by atoms with Crippen LogP contribution in [0.15, 0.2) is 30.3 Å². The van der Waals surface area contributed by atoms with Gasteiger partial charge in [-0.05, 0) is 38.0 Å². The number of aromatic hydroxyl groups is 3. The molecule has 1 aliphatic rings. The van der Waals surface area contributed by atoms with Crippen molar-refractivity contribution < 1.29 is 24.9 Å². The molecule has 1 aliphatic heterocycles. The van der Waals surface area contributed by atoms with Crippen molar-refractivity contribution in [2.75, 3.05) is 0 Å². The van der Waals surface area contributed by atoms with E-state index in [1.165, 1.54) is 6.07 Å². The Balaban J connectivity index is 2.15. The number of ether oxygens (including phenoxy) is 1. The minimum Gasteiger partial charge on any atom is -0.508 e. The number of rotatable bonds is 4. The summed E-state index contributed by atoms with van der Waals surface area (Å²) in [6.07, 6.45) is 1.31. The average Bonchev–Trinajstić information content (AvgIpc) is 2.54. The number of phenolic OH excluding ortho intramolecular Hbond substituents is 3. The molecule has 0 radical (unpaired) electrons. The van der Waals surface area contributed by atoms with Crippen molar-refractivity contribution in [2.24, 2.45) is 0 Å². The van der Waals surface area contributed by atoms with Crippen LogP contribution in [0.25, 0.3) is 0 Å². The van der Waals surface area contributed by atoms with Crippen molar-refractivity contribution >= 4 is 5.78 Å². The molecular formula is C20H22O5. The Labute approximate surface area is 146 Å². The van der Waals surface area contributed by atoms with E-state index in [4.69, 9.17) is 4.74 Å². The Morgan fingerprint density at radius 3 is 2.64 bits per heavy atom. The van der Waals surface area contributed by atoms with E-state index >= 15 is 0 Å². The van der Waals surface area contributed by atoms with Gasteiger partial charge in [0.05, 0.1) is 6.10 Å². The van der Waals surface area contributed by atoms with Crippen LogP contribution in [0, 0.1) is 0 Å². The van der Waals surface area contributed by atoms with Gasteiger partial charge in [0.2, 0.25) is 0 Å². The van der Waals surface area contributed by atoms with E-state index in [1.54, 1.807) is 24.3 Å². The summed E-state index contributed by atoms with van der Waals surface area (Å²) in [7, 11) is 0. The van der Waals surface area contributed by atoms with Gasteiger partial charge in [0.25, 0.3) is 0 Å². The second-order valence-electron chi connectivity index (χ2n) is 6.48. The highest BCUT2D eigenvalue weighted by Gasteiger charge is 2.33. The third-order valence-corrected chi connectivity index (χ3v) is 4.61. The molecule has 3 rings (SSSR count). The summed E-state index contributed by atoms with van der Waals surface area (Å²) in [5.74, 6) is -0.407. The molecule has 0 amide bonds. The zero-order valence-electron chi connectivity index (χ0n) is 14.3. The molecule has 2 aromatic carbocycles. The van der Waals surface area contributed by atoms with Crippen LogP contribution < -0.4 is 4.74 Å². The molecule has 0 bridgehead atoms. The lowest BCUT2D eigenvalue weighted by Crippen LogP contribution is -2.23. The van der Waals surface area contributed by atoms with Gasteiger partial charge < -0.3 is 20.1 Å². The molecule has 0 unspecified atom stereocenters. The van der Waals surface area contributed by atoms with Crippen molar-refractivity contribution in [3.05, 3.63) is 47.0 Å². The molecule has 132 valence electrons. The summed E-state index contributed by atoms with van der Waals surface area (Å²) in [6, 6.07) is 8.09. The maximum absolute atomic E-state index is 12.3. The fourth-order valence-corrected chi connectivity index (χ4v) is 3.49. The van der Waals surface area contributed by atoms with Crippen LogP contribution in [0.5, 0.6) is 23.0 Å². The third kappa shape index (κ3) is 3.02. The van der Waals surface area contributed by atoms with Crippen molar-refractivity contribution in [3.8, 4) is 23.0 Å². The van der Waals surface area contributed by atoms with Gasteiger partial charge >= 0.3 is 0 Å². The van der Waals surface area contributed by atoms with E-state index < -0.39 is 0 Å². The van der Waals surface area contributed by atoms with Crippen LogP contribution in [0.2, 0.25) is 0 Å². The standard InChI is InChI=1S/C20H22O5/c1-3-5-14(21)19-16(23)9-8-12(20(19)24)13-10-11(2)25-17-7-4-6-15(22)18(13)17/h4,6-9,11,13,22-24H,3,5,10H2,1-2H3/t11-,13-/m0/s1. The quantitative estimate of drug-likeness (QED) is 0.729. The largest absolute Gasteiger partial charge is 0.508 e. The number of carbonyl (C=O) groups excluding carboxylic acids is 1. The van der Waals surface area contributed by atoms with Gasteiger partial charge in [-0.15, -0.1) is 0 Å². The highest BCUT2D eigenvalue weighted by Crippen LogP contribution is 2.48. The lowest BCUT2D eigenvalue weighted by Gasteiger charge is -2.31. The van der Waals surface area contributed by atoms with Gasteiger partial charge in [0, 0.05) is 23.5 Å². The molecule has 2 atom stereocenters. The molecule has 25 heavy (non-hydrogen) atoms. The molecule has 0 aliphatic carbocycles. The maximum Gasteiger partial charge on any atom is 0.170 e. The summed E-state index contributed by atoms with van der Waals surface area (Å²) in [4.78, 5) is 12.3. The molecule has 0 saturated heterocycles. The van der Waals surface area contributed by atoms with E-state index in [-0.39, 0.29) is 47.0 Å². The number of ketones is 1.